The van der Waals surface area contributed by atoms with E-state index in [0.29, 0.717) is 15.7 Å². The molecule has 1 aromatic carbocycles. The topological polar surface area (TPSA) is 72.2 Å². The number of hydrogen-bond donors (Lipinski definition) is 1. The smallest absolute Gasteiger partial charge is 0.341 e. The SMILES string of the molecule is Cn1c(CO)cnc1Sc1ccc(S(=O)(=O)C(F)F)cc1. The summed E-state index contributed by atoms with van der Waals surface area (Å²) in [5, 5.41) is 9.67. The molecule has 0 amide bonds. The van der Waals surface area contributed by atoms with Crippen LogP contribution in [0.5, 0.6) is 0 Å². The van der Waals surface area contributed by atoms with Gasteiger partial charge in [-0.2, -0.15) is 8.78 Å². The molecule has 2 rings (SSSR count). The fourth-order valence-corrected chi connectivity index (χ4v) is 3.14. The van der Waals surface area contributed by atoms with Crippen LogP contribution in [0.15, 0.2) is 45.4 Å². The van der Waals surface area contributed by atoms with Crippen molar-refractivity contribution in [1.29, 1.82) is 0 Å². The van der Waals surface area contributed by atoms with Crippen molar-refractivity contribution in [1.82, 2.24) is 9.55 Å². The molecule has 114 valence electrons. The second kappa shape index (κ2) is 6.12. The summed E-state index contributed by atoms with van der Waals surface area (Å²) in [5.74, 6) is -3.43. The maximum atomic E-state index is 12.4. The van der Waals surface area contributed by atoms with Gasteiger partial charge in [0.05, 0.1) is 23.4 Å². The molecule has 9 heteroatoms. The van der Waals surface area contributed by atoms with E-state index in [-0.39, 0.29) is 6.61 Å². The summed E-state index contributed by atoms with van der Waals surface area (Å²) in [5.41, 5.74) is 0.634. The van der Waals surface area contributed by atoms with Crippen molar-refractivity contribution < 1.29 is 22.3 Å². The number of alkyl halides is 2. The van der Waals surface area contributed by atoms with E-state index in [1.165, 1.54) is 30.1 Å². The van der Waals surface area contributed by atoms with Crippen molar-refractivity contribution in [3.8, 4) is 0 Å². The van der Waals surface area contributed by atoms with Gasteiger partial charge in [-0.1, -0.05) is 11.8 Å². The van der Waals surface area contributed by atoms with Gasteiger partial charge in [0.25, 0.3) is 0 Å². The molecule has 1 N–H and O–H groups in total. The second-order valence-electron chi connectivity index (χ2n) is 4.13. The largest absolute Gasteiger partial charge is 0.390 e. The third kappa shape index (κ3) is 3.25. The van der Waals surface area contributed by atoms with Crippen molar-refractivity contribution >= 4 is 21.6 Å². The first-order valence-corrected chi connectivity index (χ1v) is 8.14. The number of imidazole rings is 1. The lowest BCUT2D eigenvalue weighted by atomic mass is 10.4. The first kappa shape index (κ1) is 15.9. The summed E-state index contributed by atoms with van der Waals surface area (Å²) in [6.07, 6.45) is 1.53. The van der Waals surface area contributed by atoms with Gasteiger partial charge in [0.2, 0.25) is 9.84 Å². The predicted molar refractivity (Wildman–Crippen MR) is 72.9 cm³/mol. The summed E-state index contributed by atoms with van der Waals surface area (Å²) in [6.45, 7) is -0.143. The lowest BCUT2D eigenvalue weighted by Crippen LogP contribution is -2.11. The number of aromatic nitrogens is 2. The number of aliphatic hydroxyl groups excluding tert-OH is 1. The molecule has 0 aliphatic heterocycles. The van der Waals surface area contributed by atoms with Crippen molar-refractivity contribution in [3.63, 3.8) is 0 Å². The summed E-state index contributed by atoms with van der Waals surface area (Å²) in [7, 11) is -2.84. The molecule has 0 radical (unpaired) electrons. The van der Waals surface area contributed by atoms with Gasteiger partial charge in [-0.05, 0) is 24.3 Å². The monoisotopic (exact) mass is 334 g/mol. The van der Waals surface area contributed by atoms with Crippen LogP contribution in [-0.4, -0.2) is 28.8 Å². The Bertz CT molecular complexity index is 727. The number of benzene rings is 1. The van der Waals surface area contributed by atoms with Crippen LogP contribution in [-0.2, 0) is 23.5 Å². The van der Waals surface area contributed by atoms with Crippen molar-refractivity contribution in [2.45, 2.75) is 27.3 Å². The van der Waals surface area contributed by atoms with Gasteiger partial charge in [0.15, 0.2) is 5.16 Å². The molecule has 0 aliphatic carbocycles. The summed E-state index contributed by atoms with van der Waals surface area (Å²) in [4.78, 5) is 4.34. The van der Waals surface area contributed by atoms with Crippen LogP contribution >= 0.6 is 11.8 Å². The molecule has 1 heterocycles. The van der Waals surface area contributed by atoms with Crippen LogP contribution in [0.4, 0.5) is 8.78 Å². The normalized spacial score (nSPS) is 12.0. The van der Waals surface area contributed by atoms with E-state index in [1.807, 2.05) is 0 Å². The Labute approximate surface area is 124 Å². The van der Waals surface area contributed by atoms with Gasteiger partial charge >= 0.3 is 5.76 Å². The molecule has 2 aromatic rings. The van der Waals surface area contributed by atoms with Crippen molar-refractivity contribution in [2.24, 2.45) is 7.05 Å². The standard InChI is InChI=1S/C12H12F2N2O3S2/c1-16-8(7-17)6-15-12(16)20-9-2-4-10(5-3-9)21(18,19)11(13)14/h2-6,11,17H,7H2,1H3. The lowest BCUT2D eigenvalue weighted by molar-refractivity contribution is 0.234. The van der Waals surface area contributed by atoms with Crippen molar-refractivity contribution in [3.05, 3.63) is 36.2 Å². The van der Waals surface area contributed by atoms with Crippen LogP contribution in [0, 0.1) is 0 Å². The first-order chi connectivity index (χ1) is 9.86. The molecular weight excluding hydrogens is 322 g/mol. The minimum absolute atomic E-state index is 0.143. The van der Waals surface area contributed by atoms with E-state index in [4.69, 9.17) is 5.11 Å². The van der Waals surface area contributed by atoms with Crippen molar-refractivity contribution in [2.75, 3.05) is 0 Å². The van der Waals surface area contributed by atoms with E-state index < -0.39 is 20.5 Å². The molecular formula is C12H12F2N2O3S2. The Hall–Kier alpha value is -1.45. The van der Waals surface area contributed by atoms with Gasteiger partial charge in [-0.25, -0.2) is 13.4 Å². The van der Waals surface area contributed by atoms with Gasteiger partial charge in [-0.15, -0.1) is 0 Å². The molecule has 0 aliphatic rings. The third-order valence-corrected chi connectivity index (χ3v) is 5.27. The summed E-state index contributed by atoms with van der Waals surface area (Å²) >= 11 is 1.24. The summed E-state index contributed by atoms with van der Waals surface area (Å²) < 4.78 is 49.1. The molecule has 0 spiro atoms. The van der Waals surface area contributed by atoms with E-state index >= 15 is 0 Å². The third-order valence-electron chi connectivity index (χ3n) is 2.80. The van der Waals surface area contributed by atoms with E-state index in [1.54, 1.807) is 11.6 Å². The van der Waals surface area contributed by atoms with Gasteiger partial charge in [-0.3, -0.25) is 0 Å². The molecule has 5 nitrogen and oxygen atoms in total. The molecule has 0 bridgehead atoms. The van der Waals surface area contributed by atoms with E-state index in [2.05, 4.69) is 4.98 Å². The number of halogens is 2. The van der Waals surface area contributed by atoms with Crippen LogP contribution < -0.4 is 0 Å². The number of hydrogen-bond acceptors (Lipinski definition) is 5. The molecule has 21 heavy (non-hydrogen) atoms. The maximum Gasteiger partial charge on any atom is 0.341 e. The van der Waals surface area contributed by atoms with Crippen LogP contribution in [0.3, 0.4) is 0 Å². The second-order valence-corrected chi connectivity index (χ2v) is 7.09. The lowest BCUT2D eigenvalue weighted by Gasteiger charge is -2.06. The zero-order valence-corrected chi connectivity index (χ0v) is 12.5. The summed E-state index contributed by atoms with van der Waals surface area (Å²) in [6, 6.07) is 5.15. The highest BCUT2D eigenvalue weighted by atomic mass is 32.2. The molecule has 1 aromatic heterocycles. The zero-order chi connectivity index (χ0) is 15.6. The molecule has 0 unspecified atom stereocenters. The zero-order valence-electron chi connectivity index (χ0n) is 10.9. The van der Waals surface area contributed by atoms with Gasteiger partial charge in [0, 0.05) is 11.9 Å². The van der Waals surface area contributed by atoms with Gasteiger partial charge < -0.3 is 9.67 Å². The highest BCUT2D eigenvalue weighted by Crippen LogP contribution is 2.28. The maximum absolute atomic E-state index is 12.4. The average Bonchev–Trinajstić information content (AvgIpc) is 2.80. The Morgan fingerprint density at radius 3 is 2.43 bits per heavy atom. The Balaban J connectivity index is 2.22. The minimum Gasteiger partial charge on any atom is -0.390 e. The number of nitrogens with zero attached hydrogens (tertiary/aromatic N) is 2. The van der Waals surface area contributed by atoms with Crippen LogP contribution in [0.25, 0.3) is 0 Å². The highest BCUT2D eigenvalue weighted by Gasteiger charge is 2.26. The number of sulfone groups is 1. The molecule has 0 saturated heterocycles. The quantitative estimate of drug-likeness (QED) is 0.906. The number of rotatable bonds is 5. The number of aliphatic hydroxyl groups is 1. The molecule has 0 fully saturated rings. The Morgan fingerprint density at radius 1 is 1.33 bits per heavy atom. The van der Waals surface area contributed by atoms with Crippen LogP contribution in [0.2, 0.25) is 0 Å². The molecule has 0 atom stereocenters. The van der Waals surface area contributed by atoms with Crippen LogP contribution in [0.1, 0.15) is 5.69 Å². The highest BCUT2D eigenvalue weighted by molar-refractivity contribution is 7.99. The Morgan fingerprint density at radius 2 is 1.95 bits per heavy atom. The first-order valence-electron chi connectivity index (χ1n) is 5.77. The fraction of sp³-hybridized carbons (Fsp3) is 0.250. The van der Waals surface area contributed by atoms with E-state index in [0.717, 1.165) is 12.1 Å². The van der Waals surface area contributed by atoms with E-state index in [9.17, 15) is 17.2 Å². The molecule has 0 saturated carbocycles. The Kier molecular flexibility index (Phi) is 4.64. The predicted octanol–water partition coefficient (Wildman–Crippen LogP) is 2.06. The average molecular weight is 334 g/mol. The van der Waals surface area contributed by atoms with Gasteiger partial charge in [0.1, 0.15) is 0 Å². The minimum atomic E-state index is -4.57. The fourth-order valence-electron chi connectivity index (χ4n) is 1.57.